The van der Waals surface area contributed by atoms with Gasteiger partial charge >= 0.3 is 0 Å². The second-order valence-electron chi connectivity index (χ2n) is 6.28. The van der Waals surface area contributed by atoms with Crippen molar-refractivity contribution in [3.63, 3.8) is 0 Å². The molecule has 0 radical (unpaired) electrons. The zero-order valence-electron chi connectivity index (χ0n) is 14.7. The second kappa shape index (κ2) is 6.92. The van der Waals surface area contributed by atoms with Gasteiger partial charge in [0.2, 0.25) is 0 Å². The lowest BCUT2D eigenvalue weighted by Crippen LogP contribution is -2.32. The van der Waals surface area contributed by atoms with Crippen LogP contribution in [0.15, 0.2) is 79.1 Å². The number of amides is 1. The Hall–Kier alpha value is -3.67. The number of rotatable bonds is 4. The van der Waals surface area contributed by atoms with E-state index in [0.717, 1.165) is 22.4 Å². The van der Waals surface area contributed by atoms with Gasteiger partial charge in [-0.15, -0.1) is 0 Å². The molecular weight excluding hydrogens is 340 g/mol. The van der Waals surface area contributed by atoms with Gasteiger partial charge in [-0.05, 0) is 17.7 Å². The minimum atomic E-state index is -0.421. The van der Waals surface area contributed by atoms with E-state index in [1.165, 1.54) is 24.5 Å². The third kappa shape index (κ3) is 3.25. The summed E-state index contributed by atoms with van der Waals surface area (Å²) in [5.74, 6) is 0.474. The van der Waals surface area contributed by atoms with E-state index in [1.54, 1.807) is 0 Å². The standard InChI is InChI=1S/C21H18N4O2/c1-24-18-10-6-5-9-17(18)22-20(24)19(15-7-3-2-4-8-15)23-21(26)16-11-13-25(27)14-12-16/h2-14,19H,1H3,(H,23,26). The molecule has 1 unspecified atom stereocenters. The average Bonchev–Trinajstić information content (AvgIpc) is 3.04. The van der Waals surface area contributed by atoms with Gasteiger partial charge in [-0.3, -0.25) is 4.79 Å². The predicted molar refractivity (Wildman–Crippen MR) is 102 cm³/mol. The number of carbonyl (C=O) groups is 1. The number of pyridine rings is 1. The molecule has 0 saturated heterocycles. The molecule has 1 amide bonds. The van der Waals surface area contributed by atoms with Crippen LogP contribution in [-0.4, -0.2) is 15.5 Å². The van der Waals surface area contributed by atoms with Gasteiger partial charge < -0.3 is 15.1 Å². The number of nitrogens with one attached hydrogen (secondary N) is 1. The lowest BCUT2D eigenvalue weighted by Gasteiger charge is -2.19. The molecule has 2 heterocycles. The first kappa shape index (κ1) is 16.8. The lowest BCUT2D eigenvalue weighted by molar-refractivity contribution is -0.605. The van der Waals surface area contributed by atoms with Crippen molar-refractivity contribution >= 4 is 16.9 Å². The van der Waals surface area contributed by atoms with Crippen molar-refractivity contribution < 1.29 is 9.52 Å². The average molecular weight is 358 g/mol. The van der Waals surface area contributed by atoms with E-state index < -0.39 is 6.04 Å². The molecule has 4 aromatic rings. The maximum absolute atomic E-state index is 12.8. The maximum atomic E-state index is 12.8. The molecule has 2 aromatic heterocycles. The Morgan fingerprint density at radius 2 is 1.70 bits per heavy atom. The Morgan fingerprint density at radius 1 is 1.04 bits per heavy atom. The molecule has 0 spiro atoms. The lowest BCUT2D eigenvalue weighted by atomic mass is 10.1. The second-order valence-corrected chi connectivity index (χ2v) is 6.28. The molecule has 134 valence electrons. The fraction of sp³-hybridized carbons (Fsp3) is 0.0952. The maximum Gasteiger partial charge on any atom is 0.252 e. The van der Waals surface area contributed by atoms with Crippen LogP contribution in [0, 0.1) is 5.21 Å². The fourth-order valence-electron chi connectivity index (χ4n) is 3.14. The number of benzene rings is 2. The van der Waals surface area contributed by atoms with Crippen molar-refractivity contribution in [2.24, 2.45) is 7.05 Å². The monoisotopic (exact) mass is 358 g/mol. The molecule has 1 atom stereocenters. The number of aryl methyl sites for hydroxylation is 1. The Kier molecular flexibility index (Phi) is 4.30. The molecule has 0 fully saturated rings. The molecule has 4 rings (SSSR count). The number of hydrogen-bond donors (Lipinski definition) is 1. The summed E-state index contributed by atoms with van der Waals surface area (Å²) >= 11 is 0. The van der Waals surface area contributed by atoms with E-state index >= 15 is 0 Å². The van der Waals surface area contributed by atoms with Crippen molar-refractivity contribution in [3.05, 3.63) is 101 Å². The normalized spacial score (nSPS) is 12.0. The highest BCUT2D eigenvalue weighted by molar-refractivity contribution is 5.94. The molecule has 2 aromatic carbocycles. The van der Waals surface area contributed by atoms with E-state index in [2.05, 4.69) is 5.32 Å². The number of hydrogen-bond acceptors (Lipinski definition) is 3. The Balaban J connectivity index is 1.76. The van der Waals surface area contributed by atoms with Crippen molar-refractivity contribution in [2.75, 3.05) is 0 Å². The predicted octanol–water partition coefficient (Wildman–Crippen LogP) is 2.73. The topological polar surface area (TPSA) is 73.9 Å². The first-order chi connectivity index (χ1) is 13.1. The summed E-state index contributed by atoms with van der Waals surface area (Å²) < 4.78 is 2.64. The van der Waals surface area contributed by atoms with Crippen LogP contribution in [0.5, 0.6) is 0 Å². The van der Waals surface area contributed by atoms with E-state index in [1.807, 2.05) is 66.2 Å². The van der Waals surface area contributed by atoms with Crippen LogP contribution in [-0.2, 0) is 7.05 Å². The highest BCUT2D eigenvalue weighted by Gasteiger charge is 2.23. The summed E-state index contributed by atoms with van der Waals surface area (Å²) in [5, 5.41) is 14.3. The number of carbonyl (C=O) groups excluding carboxylic acids is 1. The molecule has 0 aliphatic heterocycles. The largest absolute Gasteiger partial charge is 0.619 e. The molecule has 0 bridgehead atoms. The van der Waals surface area contributed by atoms with Crippen LogP contribution >= 0.6 is 0 Å². The van der Waals surface area contributed by atoms with Gasteiger partial charge in [-0.1, -0.05) is 42.5 Å². The summed E-state index contributed by atoms with van der Waals surface area (Å²) in [5.41, 5.74) is 3.22. The van der Waals surface area contributed by atoms with Gasteiger partial charge in [0, 0.05) is 19.2 Å². The SMILES string of the molecule is Cn1c(C(NC(=O)c2cc[n+]([O-])cc2)c2ccccc2)nc2ccccc21. The highest BCUT2D eigenvalue weighted by Crippen LogP contribution is 2.25. The van der Waals surface area contributed by atoms with Gasteiger partial charge in [-0.2, -0.15) is 4.73 Å². The number of nitrogens with zero attached hydrogens (tertiary/aromatic N) is 3. The highest BCUT2D eigenvalue weighted by atomic mass is 16.5. The number of para-hydroxylation sites is 2. The smallest absolute Gasteiger partial charge is 0.252 e. The first-order valence-electron chi connectivity index (χ1n) is 8.59. The molecule has 6 nitrogen and oxygen atoms in total. The molecule has 0 aliphatic carbocycles. The zero-order chi connectivity index (χ0) is 18.8. The van der Waals surface area contributed by atoms with Gasteiger partial charge in [-0.25, -0.2) is 4.98 Å². The molecule has 6 heteroatoms. The van der Waals surface area contributed by atoms with Crippen molar-refractivity contribution in [3.8, 4) is 0 Å². The Bertz CT molecular complexity index is 1090. The van der Waals surface area contributed by atoms with E-state index in [4.69, 9.17) is 4.98 Å². The van der Waals surface area contributed by atoms with Crippen molar-refractivity contribution in [2.45, 2.75) is 6.04 Å². The van der Waals surface area contributed by atoms with Gasteiger partial charge in [0.05, 0.1) is 16.6 Å². The van der Waals surface area contributed by atoms with Gasteiger partial charge in [0.25, 0.3) is 5.91 Å². The van der Waals surface area contributed by atoms with Crippen LogP contribution in [0.4, 0.5) is 0 Å². The quantitative estimate of drug-likeness (QED) is 0.450. The third-order valence-corrected chi connectivity index (χ3v) is 4.55. The summed E-state index contributed by atoms with van der Waals surface area (Å²) in [6.45, 7) is 0. The van der Waals surface area contributed by atoms with E-state index in [-0.39, 0.29) is 5.91 Å². The van der Waals surface area contributed by atoms with E-state index in [9.17, 15) is 10.0 Å². The van der Waals surface area contributed by atoms with Crippen molar-refractivity contribution in [1.82, 2.24) is 14.9 Å². The Morgan fingerprint density at radius 3 is 2.41 bits per heavy atom. The number of aromatic nitrogens is 3. The molecule has 0 aliphatic rings. The van der Waals surface area contributed by atoms with Crippen LogP contribution in [0.25, 0.3) is 11.0 Å². The number of imidazole rings is 1. The Labute approximate surface area is 156 Å². The van der Waals surface area contributed by atoms with Gasteiger partial charge in [0.15, 0.2) is 12.4 Å². The van der Waals surface area contributed by atoms with Gasteiger partial charge in [0.1, 0.15) is 11.9 Å². The number of fused-ring (bicyclic) bond motifs is 1. The van der Waals surface area contributed by atoms with Crippen LogP contribution in [0.2, 0.25) is 0 Å². The summed E-state index contributed by atoms with van der Waals surface area (Å²) in [7, 11) is 1.94. The van der Waals surface area contributed by atoms with Crippen LogP contribution < -0.4 is 10.0 Å². The molecule has 27 heavy (non-hydrogen) atoms. The summed E-state index contributed by atoms with van der Waals surface area (Å²) in [6, 6.07) is 20.1. The van der Waals surface area contributed by atoms with E-state index in [0.29, 0.717) is 10.3 Å². The van der Waals surface area contributed by atoms with Crippen LogP contribution in [0.3, 0.4) is 0 Å². The minimum Gasteiger partial charge on any atom is -0.619 e. The molecular formula is C21H18N4O2. The fourth-order valence-corrected chi connectivity index (χ4v) is 3.14. The third-order valence-electron chi connectivity index (χ3n) is 4.55. The molecule has 0 saturated carbocycles. The van der Waals surface area contributed by atoms with Crippen LogP contribution in [0.1, 0.15) is 27.8 Å². The summed E-state index contributed by atoms with van der Waals surface area (Å²) in [6.07, 6.45) is 2.61. The van der Waals surface area contributed by atoms with Crippen molar-refractivity contribution in [1.29, 1.82) is 0 Å². The first-order valence-corrected chi connectivity index (χ1v) is 8.59. The zero-order valence-corrected chi connectivity index (χ0v) is 14.7. The molecule has 1 N–H and O–H groups in total. The summed E-state index contributed by atoms with van der Waals surface area (Å²) in [4.78, 5) is 17.5. The minimum absolute atomic E-state index is 0.267.